The third kappa shape index (κ3) is 2.78. The zero-order valence-corrected chi connectivity index (χ0v) is 12.5. The van der Waals surface area contributed by atoms with Crippen LogP contribution in [0.2, 0.25) is 0 Å². The highest BCUT2D eigenvalue weighted by molar-refractivity contribution is 5.97. The van der Waals surface area contributed by atoms with Crippen molar-refractivity contribution in [2.24, 2.45) is 7.05 Å². The third-order valence-corrected chi connectivity index (χ3v) is 3.42. The van der Waals surface area contributed by atoms with Gasteiger partial charge in [-0.05, 0) is 19.1 Å². The van der Waals surface area contributed by atoms with E-state index in [0.717, 1.165) is 5.82 Å². The average molecular weight is 298 g/mol. The van der Waals surface area contributed by atoms with Crippen molar-refractivity contribution in [3.05, 3.63) is 55.0 Å². The van der Waals surface area contributed by atoms with Crippen LogP contribution in [0.25, 0.3) is 5.82 Å². The number of aryl methyl sites for hydroxylation is 1. The lowest BCUT2D eigenvalue weighted by Crippen LogP contribution is -2.35. The second-order valence-electron chi connectivity index (χ2n) is 5.23. The van der Waals surface area contributed by atoms with Crippen molar-refractivity contribution >= 4 is 5.91 Å². The molecule has 1 unspecified atom stereocenters. The largest absolute Gasteiger partial charge is 0.348 e. The Hall–Kier alpha value is -2.83. The van der Waals surface area contributed by atoms with Gasteiger partial charge in [-0.15, -0.1) is 0 Å². The molecule has 0 bridgehead atoms. The number of carbonyl (C=O) groups excluding carboxylic acids is 1. The van der Waals surface area contributed by atoms with Crippen LogP contribution < -0.4 is 5.32 Å². The van der Waals surface area contributed by atoms with Crippen molar-refractivity contribution in [2.75, 3.05) is 0 Å². The topological polar surface area (TPSA) is 69.7 Å². The molecule has 114 valence electrons. The summed E-state index contributed by atoms with van der Waals surface area (Å²) in [7, 11) is 1.82. The molecule has 7 nitrogen and oxygen atoms in total. The predicted molar refractivity (Wildman–Crippen MR) is 81.7 cm³/mol. The zero-order chi connectivity index (χ0) is 15.5. The molecule has 0 aliphatic heterocycles. The summed E-state index contributed by atoms with van der Waals surface area (Å²) < 4.78 is 5.50. The average Bonchev–Trinajstić information content (AvgIpc) is 3.18. The Balaban J connectivity index is 1.76. The van der Waals surface area contributed by atoms with Gasteiger partial charge in [-0.2, -0.15) is 5.10 Å². The van der Waals surface area contributed by atoms with E-state index in [-0.39, 0.29) is 11.9 Å². The fourth-order valence-corrected chi connectivity index (χ4v) is 2.43. The molecule has 0 fully saturated rings. The van der Waals surface area contributed by atoms with Crippen LogP contribution in [-0.2, 0) is 13.6 Å². The quantitative estimate of drug-likeness (QED) is 0.770. The molecule has 0 saturated carbocycles. The Morgan fingerprint density at radius 1 is 1.32 bits per heavy atom. The lowest BCUT2D eigenvalue weighted by molar-refractivity contribution is 0.0936. The predicted octanol–water partition coefficient (Wildman–Crippen LogP) is 1.23. The first kappa shape index (κ1) is 14.1. The highest BCUT2D eigenvalue weighted by Gasteiger charge is 2.18. The number of imidazole rings is 1. The van der Waals surface area contributed by atoms with Crippen molar-refractivity contribution in [3.63, 3.8) is 0 Å². The first-order chi connectivity index (χ1) is 10.6. The van der Waals surface area contributed by atoms with Crippen molar-refractivity contribution < 1.29 is 4.79 Å². The Bertz CT molecular complexity index is 741. The number of nitrogens with zero attached hydrogens (tertiary/aromatic N) is 5. The van der Waals surface area contributed by atoms with Gasteiger partial charge in [-0.3, -0.25) is 9.48 Å². The lowest BCUT2D eigenvalue weighted by atomic mass is 10.2. The van der Waals surface area contributed by atoms with Gasteiger partial charge in [0.2, 0.25) is 0 Å². The van der Waals surface area contributed by atoms with E-state index >= 15 is 0 Å². The number of carbonyl (C=O) groups is 1. The normalized spacial score (nSPS) is 12.3. The number of hydrogen-bond donors (Lipinski definition) is 1. The Kier molecular flexibility index (Phi) is 3.78. The van der Waals surface area contributed by atoms with E-state index in [1.54, 1.807) is 23.4 Å². The molecule has 1 N–H and O–H groups in total. The lowest BCUT2D eigenvalue weighted by Gasteiger charge is -2.15. The molecular weight excluding hydrogens is 280 g/mol. The van der Waals surface area contributed by atoms with E-state index in [4.69, 9.17) is 0 Å². The molecule has 1 amide bonds. The maximum absolute atomic E-state index is 12.5. The summed E-state index contributed by atoms with van der Waals surface area (Å²) in [6, 6.07) is 3.81. The zero-order valence-electron chi connectivity index (χ0n) is 12.5. The number of rotatable bonds is 5. The van der Waals surface area contributed by atoms with Crippen molar-refractivity contribution in [1.29, 1.82) is 0 Å². The monoisotopic (exact) mass is 298 g/mol. The molecule has 3 rings (SSSR count). The molecule has 3 aromatic rings. The van der Waals surface area contributed by atoms with Gasteiger partial charge in [-0.1, -0.05) is 0 Å². The van der Waals surface area contributed by atoms with Crippen molar-refractivity contribution in [1.82, 2.24) is 29.2 Å². The van der Waals surface area contributed by atoms with E-state index in [1.807, 2.05) is 53.8 Å². The second-order valence-corrected chi connectivity index (χ2v) is 5.23. The first-order valence-electron chi connectivity index (χ1n) is 7.07. The van der Waals surface area contributed by atoms with Crippen LogP contribution in [0.15, 0.2) is 49.4 Å². The summed E-state index contributed by atoms with van der Waals surface area (Å²) in [5.74, 6) is 0.613. The number of amides is 1. The molecule has 1 atom stereocenters. The van der Waals surface area contributed by atoms with Crippen LogP contribution in [0, 0.1) is 0 Å². The molecule has 0 aliphatic carbocycles. The minimum Gasteiger partial charge on any atom is -0.348 e. The molecule has 7 heteroatoms. The summed E-state index contributed by atoms with van der Waals surface area (Å²) in [6.07, 6.45) is 10.7. The van der Waals surface area contributed by atoms with E-state index in [1.165, 1.54) is 0 Å². The Morgan fingerprint density at radius 3 is 2.77 bits per heavy atom. The van der Waals surface area contributed by atoms with Gasteiger partial charge >= 0.3 is 0 Å². The van der Waals surface area contributed by atoms with E-state index in [9.17, 15) is 4.79 Å². The highest BCUT2D eigenvalue weighted by atomic mass is 16.1. The fraction of sp³-hybridized carbons (Fsp3) is 0.267. The van der Waals surface area contributed by atoms with E-state index in [0.29, 0.717) is 12.1 Å². The number of nitrogens with one attached hydrogen (secondary N) is 1. The van der Waals surface area contributed by atoms with Gasteiger partial charge in [0.25, 0.3) is 5.91 Å². The van der Waals surface area contributed by atoms with Gasteiger partial charge in [0.1, 0.15) is 11.4 Å². The summed E-state index contributed by atoms with van der Waals surface area (Å²) in [4.78, 5) is 16.5. The number of aromatic nitrogens is 5. The van der Waals surface area contributed by atoms with Gasteiger partial charge < -0.3 is 14.5 Å². The minimum absolute atomic E-state index is 0.0144. The molecule has 0 saturated heterocycles. The SMILES string of the molecule is CC(Cn1ccnc1)NC(=O)c1cnn(C)c1-n1cccc1. The van der Waals surface area contributed by atoms with Crippen LogP contribution in [-0.4, -0.2) is 35.8 Å². The van der Waals surface area contributed by atoms with Gasteiger partial charge in [0.05, 0.1) is 12.5 Å². The Morgan fingerprint density at radius 2 is 2.09 bits per heavy atom. The van der Waals surface area contributed by atoms with Crippen LogP contribution in [0.3, 0.4) is 0 Å². The van der Waals surface area contributed by atoms with Gasteiger partial charge in [0.15, 0.2) is 0 Å². The number of hydrogen-bond acceptors (Lipinski definition) is 3. The van der Waals surface area contributed by atoms with Crippen LogP contribution in [0.1, 0.15) is 17.3 Å². The van der Waals surface area contributed by atoms with Crippen LogP contribution in [0.4, 0.5) is 0 Å². The highest BCUT2D eigenvalue weighted by Crippen LogP contribution is 2.14. The summed E-state index contributed by atoms with van der Waals surface area (Å²) in [5.41, 5.74) is 0.552. The first-order valence-corrected chi connectivity index (χ1v) is 7.07. The summed E-state index contributed by atoms with van der Waals surface area (Å²) >= 11 is 0. The molecule has 0 aliphatic rings. The second kappa shape index (κ2) is 5.88. The maximum Gasteiger partial charge on any atom is 0.256 e. The molecule has 0 spiro atoms. The van der Waals surface area contributed by atoms with E-state index in [2.05, 4.69) is 15.4 Å². The Labute approximate surface area is 128 Å². The molecule has 0 aromatic carbocycles. The van der Waals surface area contributed by atoms with E-state index < -0.39 is 0 Å². The van der Waals surface area contributed by atoms with Crippen molar-refractivity contribution in [2.45, 2.75) is 19.5 Å². The van der Waals surface area contributed by atoms with Gasteiger partial charge in [0, 0.05) is 44.4 Å². The molecule has 3 heterocycles. The molecule has 3 aromatic heterocycles. The van der Waals surface area contributed by atoms with Crippen LogP contribution >= 0.6 is 0 Å². The standard InChI is InChI=1S/C15H18N6O/c1-12(10-20-8-5-16-11-20)18-14(22)13-9-17-19(2)15(13)21-6-3-4-7-21/h3-9,11-12H,10H2,1-2H3,(H,18,22). The molecular formula is C15H18N6O. The minimum atomic E-state index is -0.135. The fourth-order valence-electron chi connectivity index (χ4n) is 2.43. The smallest absolute Gasteiger partial charge is 0.256 e. The maximum atomic E-state index is 12.5. The van der Waals surface area contributed by atoms with Crippen molar-refractivity contribution in [3.8, 4) is 5.82 Å². The van der Waals surface area contributed by atoms with Gasteiger partial charge in [-0.25, -0.2) is 4.98 Å². The van der Waals surface area contributed by atoms with Crippen LogP contribution in [0.5, 0.6) is 0 Å². The summed E-state index contributed by atoms with van der Waals surface area (Å²) in [5, 5.41) is 7.19. The molecule has 22 heavy (non-hydrogen) atoms. The summed E-state index contributed by atoms with van der Waals surface area (Å²) in [6.45, 7) is 2.63. The third-order valence-electron chi connectivity index (χ3n) is 3.42. The molecule has 0 radical (unpaired) electrons.